The number of nitrogens with one attached hydrogen (secondary N) is 1. The van der Waals surface area contributed by atoms with E-state index in [-0.39, 0.29) is 5.02 Å². The second kappa shape index (κ2) is 6.70. The van der Waals surface area contributed by atoms with E-state index >= 15 is 0 Å². The highest BCUT2D eigenvalue weighted by molar-refractivity contribution is 6.42. The lowest BCUT2D eigenvalue weighted by Crippen LogP contribution is -2.21. The van der Waals surface area contributed by atoms with Gasteiger partial charge >= 0.3 is 5.97 Å². The second-order valence-electron chi connectivity index (χ2n) is 4.26. The van der Waals surface area contributed by atoms with Crippen molar-refractivity contribution >= 4 is 34.9 Å². The molecular formula is C15H13Cl2NO3. The summed E-state index contributed by atoms with van der Waals surface area (Å²) in [5.41, 5.74) is 0.950. The highest BCUT2D eigenvalue weighted by Gasteiger charge is 2.24. The van der Waals surface area contributed by atoms with E-state index in [9.17, 15) is 9.90 Å². The lowest BCUT2D eigenvalue weighted by molar-refractivity contribution is -0.138. The monoisotopic (exact) mass is 325 g/mol. The molecule has 0 radical (unpaired) electrons. The number of carbonyl (C=O) groups is 1. The molecule has 0 saturated carbocycles. The number of ether oxygens (including phenoxy) is 1. The van der Waals surface area contributed by atoms with Gasteiger partial charge in [-0.3, -0.25) is 0 Å². The van der Waals surface area contributed by atoms with Gasteiger partial charge in [0.1, 0.15) is 5.75 Å². The van der Waals surface area contributed by atoms with Gasteiger partial charge < -0.3 is 15.2 Å². The molecule has 1 atom stereocenters. The Hall–Kier alpha value is -1.91. The van der Waals surface area contributed by atoms with Gasteiger partial charge in [-0.1, -0.05) is 47.5 Å². The van der Waals surface area contributed by atoms with Crippen molar-refractivity contribution < 1.29 is 14.6 Å². The number of aliphatic carboxylic acids is 1. The topological polar surface area (TPSA) is 58.6 Å². The van der Waals surface area contributed by atoms with Crippen LogP contribution in [0.5, 0.6) is 5.75 Å². The average molecular weight is 326 g/mol. The van der Waals surface area contributed by atoms with Crippen LogP contribution in [0.4, 0.5) is 5.69 Å². The van der Waals surface area contributed by atoms with Crippen LogP contribution in [-0.4, -0.2) is 18.2 Å². The number of hydrogen-bond donors (Lipinski definition) is 2. The predicted molar refractivity (Wildman–Crippen MR) is 83.5 cm³/mol. The van der Waals surface area contributed by atoms with Crippen LogP contribution in [0, 0.1) is 0 Å². The molecule has 0 aliphatic carbocycles. The van der Waals surface area contributed by atoms with Gasteiger partial charge in [0, 0.05) is 5.56 Å². The molecule has 4 nitrogen and oxygen atoms in total. The highest BCUT2D eigenvalue weighted by atomic mass is 35.5. The fraction of sp³-hybridized carbons (Fsp3) is 0.133. The first-order valence-electron chi connectivity index (χ1n) is 6.11. The molecule has 6 heteroatoms. The number of para-hydroxylation sites is 2. The van der Waals surface area contributed by atoms with E-state index in [0.717, 1.165) is 0 Å². The van der Waals surface area contributed by atoms with Crippen LogP contribution < -0.4 is 10.1 Å². The molecule has 2 rings (SSSR count). The van der Waals surface area contributed by atoms with Crippen LogP contribution in [-0.2, 0) is 4.79 Å². The van der Waals surface area contributed by atoms with E-state index in [1.54, 1.807) is 42.5 Å². The van der Waals surface area contributed by atoms with Crippen LogP contribution >= 0.6 is 23.2 Å². The van der Waals surface area contributed by atoms with Crippen molar-refractivity contribution in [2.75, 3.05) is 12.4 Å². The number of methoxy groups -OCH3 is 1. The zero-order chi connectivity index (χ0) is 15.4. The standard InChI is InChI=1S/C15H13Cl2NO3/c1-21-12-8-3-2-7-11(12)18-14(15(19)20)9-5-4-6-10(16)13(9)17/h2-8,14,18H,1H3,(H,19,20). The average Bonchev–Trinajstić information content (AvgIpc) is 2.48. The lowest BCUT2D eigenvalue weighted by Gasteiger charge is -2.19. The molecule has 0 aliphatic rings. The van der Waals surface area contributed by atoms with Crippen LogP contribution in [0.25, 0.3) is 0 Å². The fourth-order valence-corrected chi connectivity index (χ4v) is 2.35. The van der Waals surface area contributed by atoms with Gasteiger partial charge in [0.25, 0.3) is 0 Å². The highest BCUT2D eigenvalue weighted by Crippen LogP contribution is 2.34. The van der Waals surface area contributed by atoms with E-state index in [1.165, 1.54) is 7.11 Å². The van der Waals surface area contributed by atoms with Crippen molar-refractivity contribution in [2.45, 2.75) is 6.04 Å². The third-order valence-electron chi connectivity index (χ3n) is 2.95. The van der Waals surface area contributed by atoms with Crippen molar-refractivity contribution in [3.63, 3.8) is 0 Å². The Morgan fingerprint density at radius 3 is 2.57 bits per heavy atom. The first-order chi connectivity index (χ1) is 10.0. The Labute approximate surface area is 132 Å². The van der Waals surface area contributed by atoms with Crippen molar-refractivity contribution in [3.05, 3.63) is 58.1 Å². The summed E-state index contributed by atoms with van der Waals surface area (Å²) in [5.74, 6) is -0.521. The first kappa shape index (κ1) is 15.5. The molecule has 0 bridgehead atoms. The van der Waals surface area contributed by atoms with E-state index in [0.29, 0.717) is 22.0 Å². The van der Waals surface area contributed by atoms with Crippen molar-refractivity contribution in [1.82, 2.24) is 0 Å². The summed E-state index contributed by atoms with van der Waals surface area (Å²) >= 11 is 12.1. The van der Waals surface area contributed by atoms with Crippen LogP contribution in [0.2, 0.25) is 10.0 Å². The number of carboxylic acids is 1. The first-order valence-corrected chi connectivity index (χ1v) is 6.86. The van der Waals surface area contributed by atoms with E-state index in [4.69, 9.17) is 27.9 Å². The smallest absolute Gasteiger partial charge is 0.330 e. The summed E-state index contributed by atoms with van der Waals surface area (Å²) in [7, 11) is 1.52. The predicted octanol–water partition coefficient (Wildman–Crippen LogP) is 4.24. The van der Waals surface area contributed by atoms with Gasteiger partial charge in [0.15, 0.2) is 6.04 Å². The zero-order valence-electron chi connectivity index (χ0n) is 11.1. The molecule has 0 fully saturated rings. The van der Waals surface area contributed by atoms with Gasteiger partial charge in [-0.15, -0.1) is 0 Å². The van der Waals surface area contributed by atoms with Crippen molar-refractivity contribution in [1.29, 1.82) is 0 Å². The van der Waals surface area contributed by atoms with Gasteiger partial charge in [-0.25, -0.2) is 4.79 Å². The molecule has 2 aromatic carbocycles. The molecular weight excluding hydrogens is 313 g/mol. The third kappa shape index (κ3) is 3.40. The van der Waals surface area contributed by atoms with Crippen LogP contribution in [0.3, 0.4) is 0 Å². The molecule has 0 spiro atoms. The zero-order valence-corrected chi connectivity index (χ0v) is 12.7. The summed E-state index contributed by atoms with van der Waals surface area (Å²) in [6, 6.07) is 10.9. The van der Waals surface area contributed by atoms with Crippen molar-refractivity contribution in [3.8, 4) is 5.75 Å². The minimum absolute atomic E-state index is 0.217. The molecule has 2 aromatic rings. The van der Waals surface area contributed by atoms with Gasteiger partial charge in [-0.05, 0) is 18.2 Å². The van der Waals surface area contributed by atoms with E-state index in [2.05, 4.69) is 5.32 Å². The van der Waals surface area contributed by atoms with Crippen LogP contribution in [0.1, 0.15) is 11.6 Å². The van der Waals surface area contributed by atoms with Crippen LogP contribution in [0.15, 0.2) is 42.5 Å². The molecule has 0 saturated heterocycles. The minimum Gasteiger partial charge on any atom is -0.495 e. The Balaban J connectivity index is 2.41. The maximum Gasteiger partial charge on any atom is 0.330 e. The molecule has 0 aliphatic heterocycles. The molecule has 2 N–H and O–H groups in total. The summed E-state index contributed by atoms with van der Waals surface area (Å²) in [4.78, 5) is 11.6. The Bertz CT molecular complexity index is 661. The number of hydrogen-bond acceptors (Lipinski definition) is 3. The normalized spacial score (nSPS) is 11.8. The van der Waals surface area contributed by atoms with Gasteiger partial charge in [0.05, 0.1) is 22.8 Å². The number of anilines is 1. The maximum atomic E-state index is 11.6. The Morgan fingerprint density at radius 1 is 1.19 bits per heavy atom. The summed E-state index contributed by atoms with van der Waals surface area (Å²) in [5, 5.41) is 12.9. The molecule has 0 aromatic heterocycles. The van der Waals surface area contributed by atoms with Gasteiger partial charge in [-0.2, -0.15) is 0 Å². The number of benzene rings is 2. The Morgan fingerprint density at radius 2 is 1.90 bits per heavy atom. The summed E-state index contributed by atoms with van der Waals surface area (Å²) in [6.45, 7) is 0. The number of halogens is 2. The summed E-state index contributed by atoms with van der Waals surface area (Å²) < 4.78 is 5.20. The molecule has 21 heavy (non-hydrogen) atoms. The van der Waals surface area contributed by atoms with Crippen molar-refractivity contribution in [2.24, 2.45) is 0 Å². The number of carboxylic acid groups (broad SMARTS) is 1. The Kier molecular flexibility index (Phi) is 4.94. The number of rotatable bonds is 5. The van der Waals surface area contributed by atoms with Gasteiger partial charge in [0.2, 0.25) is 0 Å². The lowest BCUT2D eigenvalue weighted by atomic mass is 10.1. The molecule has 0 heterocycles. The third-order valence-corrected chi connectivity index (χ3v) is 3.78. The molecule has 1 unspecified atom stereocenters. The quantitative estimate of drug-likeness (QED) is 0.863. The minimum atomic E-state index is -1.06. The molecule has 0 amide bonds. The van der Waals surface area contributed by atoms with E-state index < -0.39 is 12.0 Å². The fourth-order valence-electron chi connectivity index (χ4n) is 1.94. The second-order valence-corrected chi connectivity index (χ2v) is 5.04. The maximum absolute atomic E-state index is 11.6. The largest absolute Gasteiger partial charge is 0.495 e. The summed E-state index contributed by atoms with van der Waals surface area (Å²) in [6.07, 6.45) is 0. The molecule has 110 valence electrons. The van der Waals surface area contributed by atoms with E-state index in [1.807, 2.05) is 0 Å². The SMILES string of the molecule is COc1ccccc1NC(C(=O)O)c1cccc(Cl)c1Cl.